The summed E-state index contributed by atoms with van der Waals surface area (Å²) in [5, 5.41) is 12.6. The van der Waals surface area contributed by atoms with Crippen molar-refractivity contribution in [2.75, 3.05) is 6.54 Å². The summed E-state index contributed by atoms with van der Waals surface area (Å²) in [6.07, 6.45) is 9.02. The van der Waals surface area contributed by atoms with Gasteiger partial charge >= 0.3 is 0 Å². The number of carbonyl (C=O) groups excluding carboxylic acids is 1. The topological polar surface area (TPSA) is 112 Å². The number of aryl methyl sites for hydroxylation is 1. The first-order valence-electron chi connectivity index (χ1n) is 11.4. The van der Waals surface area contributed by atoms with Gasteiger partial charge in [-0.1, -0.05) is 16.8 Å². The Morgan fingerprint density at radius 3 is 2.71 bits per heavy atom. The van der Waals surface area contributed by atoms with Crippen LogP contribution < -0.4 is 4.74 Å². The quantitative estimate of drug-likeness (QED) is 0.432. The molecule has 2 aliphatic rings. The van der Waals surface area contributed by atoms with E-state index in [2.05, 4.69) is 25.3 Å². The molecule has 0 unspecified atom stereocenters. The van der Waals surface area contributed by atoms with Gasteiger partial charge in [-0.3, -0.25) is 4.79 Å². The second kappa shape index (κ2) is 8.36. The summed E-state index contributed by atoms with van der Waals surface area (Å²) in [6.45, 7) is 2.55. The van der Waals surface area contributed by atoms with Crippen LogP contribution in [-0.4, -0.2) is 53.6 Å². The van der Waals surface area contributed by atoms with Crippen LogP contribution in [0.15, 0.2) is 53.4 Å². The number of hydrogen-bond acceptors (Lipinski definition) is 8. The molecule has 1 saturated carbocycles. The summed E-state index contributed by atoms with van der Waals surface area (Å²) in [7, 11) is 0. The molecule has 1 amide bonds. The molecule has 1 aliphatic carbocycles. The maximum Gasteiger partial charge on any atom is 0.256 e. The molecule has 0 N–H and O–H groups in total. The van der Waals surface area contributed by atoms with E-state index in [9.17, 15) is 4.79 Å². The summed E-state index contributed by atoms with van der Waals surface area (Å²) < 4.78 is 11.6. The summed E-state index contributed by atoms with van der Waals surface area (Å²) in [4.78, 5) is 25.7. The van der Waals surface area contributed by atoms with E-state index in [1.807, 2.05) is 37.3 Å². The number of rotatable bonds is 6. The maximum atomic E-state index is 13.5. The zero-order valence-corrected chi connectivity index (χ0v) is 18.7. The van der Waals surface area contributed by atoms with Crippen molar-refractivity contribution in [3.8, 4) is 23.0 Å². The smallest absolute Gasteiger partial charge is 0.256 e. The lowest BCUT2D eigenvalue weighted by molar-refractivity contribution is 0.0378. The van der Waals surface area contributed by atoms with Gasteiger partial charge in [-0.25, -0.2) is 4.98 Å². The van der Waals surface area contributed by atoms with E-state index in [0.717, 1.165) is 24.8 Å². The molecule has 1 aliphatic heterocycles. The van der Waals surface area contributed by atoms with Gasteiger partial charge in [0.1, 0.15) is 12.1 Å². The molecule has 4 aromatic rings. The Morgan fingerprint density at radius 2 is 1.97 bits per heavy atom. The van der Waals surface area contributed by atoms with Gasteiger partial charge in [-0.05, 0) is 56.9 Å². The van der Waals surface area contributed by atoms with Crippen molar-refractivity contribution in [2.45, 2.75) is 44.8 Å². The number of ether oxygens (including phenoxy) is 1. The highest BCUT2D eigenvalue weighted by atomic mass is 16.5. The number of nitrogens with zero attached hydrogens (tertiary/aromatic N) is 7. The molecule has 10 nitrogen and oxygen atoms in total. The maximum absolute atomic E-state index is 13.5. The van der Waals surface area contributed by atoms with Crippen LogP contribution in [0.3, 0.4) is 0 Å². The van der Waals surface area contributed by atoms with Crippen LogP contribution >= 0.6 is 0 Å². The predicted molar refractivity (Wildman–Crippen MR) is 120 cm³/mol. The summed E-state index contributed by atoms with van der Waals surface area (Å²) >= 11 is 0. The third-order valence-electron chi connectivity index (χ3n) is 6.37. The molecule has 4 heterocycles. The fourth-order valence-electron chi connectivity index (χ4n) is 4.16. The molecule has 6 rings (SSSR count). The molecule has 1 aromatic carbocycles. The minimum atomic E-state index is -0.291. The van der Waals surface area contributed by atoms with Gasteiger partial charge in [0.25, 0.3) is 5.91 Å². The molecule has 1 atom stereocenters. The molecule has 0 spiro atoms. The van der Waals surface area contributed by atoms with Crippen molar-refractivity contribution in [3.05, 3.63) is 65.9 Å². The zero-order chi connectivity index (χ0) is 23.1. The number of benzene rings is 1. The number of pyridine rings is 1. The minimum absolute atomic E-state index is 0.123. The third kappa shape index (κ3) is 3.60. The highest BCUT2D eigenvalue weighted by Crippen LogP contribution is 2.37. The molecular weight excluding hydrogens is 434 g/mol. The molecule has 10 heteroatoms. The molecule has 3 aromatic heterocycles. The van der Waals surface area contributed by atoms with Crippen LogP contribution in [0.2, 0.25) is 0 Å². The SMILES string of the molecule is Cc1ccc(-n2nccn2)c(C(=O)N2CC[C@H]2c2nc(-c3cccnc3OC3CCC3)no2)c1. The van der Waals surface area contributed by atoms with Gasteiger partial charge in [0.05, 0.1) is 29.2 Å². The van der Waals surface area contributed by atoms with Crippen LogP contribution in [0, 0.1) is 6.92 Å². The molecule has 1 saturated heterocycles. The van der Waals surface area contributed by atoms with E-state index in [-0.39, 0.29) is 18.1 Å². The van der Waals surface area contributed by atoms with Crippen molar-refractivity contribution in [3.63, 3.8) is 0 Å². The summed E-state index contributed by atoms with van der Waals surface area (Å²) in [5.41, 5.74) is 2.83. The first-order chi connectivity index (χ1) is 16.7. The lowest BCUT2D eigenvalue weighted by Crippen LogP contribution is -2.45. The van der Waals surface area contributed by atoms with E-state index in [1.54, 1.807) is 23.5 Å². The van der Waals surface area contributed by atoms with Crippen molar-refractivity contribution < 1.29 is 14.1 Å². The largest absolute Gasteiger partial charge is 0.474 e. The Kier molecular flexibility index (Phi) is 5.05. The van der Waals surface area contributed by atoms with Crippen LogP contribution in [-0.2, 0) is 0 Å². The fourth-order valence-corrected chi connectivity index (χ4v) is 4.16. The fraction of sp³-hybridized carbons (Fsp3) is 0.333. The van der Waals surface area contributed by atoms with Gasteiger partial charge < -0.3 is 14.2 Å². The van der Waals surface area contributed by atoms with Crippen LogP contribution in [0.25, 0.3) is 17.1 Å². The summed E-state index contributed by atoms with van der Waals surface area (Å²) in [5.74, 6) is 1.20. The molecule has 0 radical (unpaired) electrons. The van der Waals surface area contributed by atoms with E-state index < -0.39 is 0 Å². The Labute approximate surface area is 195 Å². The first-order valence-corrected chi connectivity index (χ1v) is 11.4. The van der Waals surface area contributed by atoms with Crippen molar-refractivity contribution in [1.82, 2.24) is 35.0 Å². The normalized spacial score (nSPS) is 17.8. The Morgan fingerprint density at radius 1 is 1.12 bits per heavy atom. The Bertz CT molecular complexity index is 1330. The van der Waals surface area contributed by atoms with Crippen molar-refractivity contribution >= 4 is 5.91 Å². The molecular formula is C24H23N7O3. The third-order valence-corrected chi connectivity index (χ3v) is 6.37. The standard InChI is InChI=1S/C24H23N7O3/c1-15-7-8-19(31-26-11-12-27-31)18(14-15)24(32)30-13-9-20(30)23-28-21(29-34-23)17-6-3-10-25-22(17)33-16-4-2-5-16/h3,6-8,10-12,14,16,20H,2,4-5,9,13H2,1H3/t20-/m0/s1. The average Bonchev–Trinajstić information content (AvgIpc) is 3.48. The second-order valence-electron chi connectivity index (χ2n) is 8.63. The monoisotopic (exact) mass is 457 g/mol. The number of likely N-dealkylation sites (tertiary alicyclic amines) is 1. The van der Waals surface area contributed by atoms with Crippen molar-refractivity contribution in [1.29, 1.82) is 0 Å². The Hall–Kier alpha value is -4.08. The number of hydrogen-bond donors (Lipinski definition) is 0. The van der Waals surface area contributed by atoms with E-state index in [0.29, 0.717) is 41.0 Å². The van der Waals surface area contributed by atoms with Gasteiger partial charge in [0, 0.05) is 12.7 Å². The highest BCUT2D eigenvalue weighted by molar-refractivity contribution is 5.98. The Balaban J connectivity index is 1.26. The number of amides is 1. The highest BCUT2D eigenvalue weighted by Gasteiger charge is 2.39. The summed E-state index contributed by atoms with van der Waals surface area (Å²) in [6, 6.07) is 9.05. The minimum Gasteiger partial charge on any atom is -0.474 e. The average molecular weight is 457 g/mol. The van der Waals surface area contributed by atoms with Crippen LogP contribution in [0.1, 0.15) is 53.5 Å². The lowest BCUT2D eigenvalue weighted by Gasteiger charge is -2.38. The van der Waals surface area contributed by atoms with Gasteiger partial charge in [-0.15, -0.1) is 0 Å². The van der Waals surface area contributed by atoms with Gasteiger partial charge in [0.2, 0.25) is 17.6 Å². The van der Waals surface area contributed by atoms with Gasteiger partial charge in [0.15, 0.2) is 0 Å². The number of aromatic nitrogens is 6. The molecule has 34 heavy (non-hydrogen) atoms. The first kappa shape index (κ1) is 20.5. The predicted octanol–water partition coefficient (Wildman–Crippen LogP) is 3.54. The molecule has 172 valence electrons. The van der Waals surface area contributed by atoms with E-state index in [4.69, 9.17) is 9.26 Å². The second-order valence-corrected chi connectivity index (χ2v) is 8.63. The van der Waals surface area contributed by atoms with Crippen LogP contribution in [0.4, 0.5) is 0 Å². The molecule has 2 fully saturated rings. The zero-order valence-electron chi connectivity index (χ0n) is 18.7. The lowest BCUT2D eigenvalue weighted by atomic mass is 9.96. The van der Waals surface area contributed by atoms with Crippen molar-refractivity contribution in [2.24, 2.45) is 0 Å². The van der Waals surface area contributed by atoms with Crippen LogP contribution in [0.5, 0.6) is 5.88 Å². The number of carbonyl (C=O) groups is 1. The molecule has 0 bridgehead atoms. The van der Waals surface area contributed by atoms with Gasteiger partial charge in [-0.2, -0.15) is 20.0 Å². The van der Waals surface area contributed by atoms with E-state index in [1.165, 1.54) is 11.2 Å². The van der Waals surface area contributed by atoms with E-state index >= 15 is 0 Å².